The zero-order chi connectivity index (χ0) is 10.5. The largest absolute Gasteiger partial charge is 0.384 e. The van der Waals surface area contributed by atoms with Crippen LogP contribution in [0.4, 0.5) is 0 Å². The molecule has 2 nitrogen and oxygen atoms in total. The van der Waals surface area contributed by atoms with Crippen molar-refractivity contribution in [2.24, 2.45) is 0 Å². The molecule has 0 bridgehead atoms. The number of aromatic nitrogens is 1. The van der Waals surface area contributed by atoms with Crippen LogP contribution in [0.5, 0.6) is 0 Å². The lowest BCUT2D eigenvalue weighted by atomic mass is 10.2. The Kier molecular flexibility index (Phi) is 3.59. The number of para-hydroxylation sites is 1. The van der Waals surface area contributed by atoms with Gasteiger partial charge < -0.3 is 4.74 Å². The van der Waals surface area contributed by atoms with Crippen LogP contribution in [0.3, 0.4) is 0 Å². The van der Waals surface area contributed by atoms with Crippen molar-refractivity contribution in [1.29, 1.82) is 0 Å². The smallest absolute Gasteiger partial charge is 0.0837 e. The van der Waals surface area contributed by atoms with Crippen molar-refractivity contribution in [2.75, 3.05) is 19.5 Å². The number of thioether (sulfide) groups is 1. The number of ether oxygens (including phenoxy) is 1. The predicted molar refractivity (Wildman–Crippen MR) is 64.3 cm³/mol. The maximum atomic E-state index is 5.03. The van der Waals surface area contributed by atoms with Crippen LogP contribution in [-0.2, 0) is 4.74 Å². The average molecular weight is 219 g/mol. The van der Waals surface area contributed by atoms with Gasteiger partial charge in [-0.2, -0.15) is 0 Å². The Labute approximate surface area is 93.7 Å². The van der Waals surface area contributed by atoms with Gasteiger partial charge in [-0.1, -0.05) is 18.2 Å². The van der Waals surface area contributed by atoms with Gasteiger partial charge in [-0.3, -0.25) is 4.98 Å². The van der Waals surface area contributed by atoms with Crippen molar-refractivity contribution >= 4 is 22.7 Å². The van der Waals surface area contributed by atoms with Crippen molar-refractivity contribution in [2.45, 2.75) is 4.90 Å². The Morgan fingerprint density at radius 2 is 2.13 bits per heavy atom. The summed E-state index contributed by atoms with van der Waals surface area (Å²) in [6, 6.07) is 10.3. The highest BCUT2D eigenvalue weighted by molar-refractivity contribution is 7.99. The third-order valence-electron chi connectivity index (χ3n) is 2.14. The Bertz CT molecular complexity index is 439. The van der Waals surface area contributed by atoms with Gasteiger partial charge in [0.05, 0.1) is 12.1 Å². The quantitative estimate of drug-likeness (QED) is 0.583. The van der Waals surface area contributed by atoms with Crippen LogP contribution in [0.15, 0.2) is 41.4 Å². The van der Waals surface area contributed by atoms with E-state index in [2.05, 4.69) is 29.2 Å². The summed E-state index contributed by atoms with van der Waals surface area (Å²) in [5.41, 5.74) is 1.08. The zero-order valence-electron chi connectivity index (χ0n) is 8.64. The summed E-state index contributed by atoms with van der Waals surface area (Å²) in [5.74, 6) is 0.964. The molecule has 0 saturated carbocycles. The molecule has 0 atom stereocenters. The van der Waals surface area contributed by atoms with Gasteiger partial charge >= 0.3 is 0 Å². The molecule has 0 aliphatic carbocycles. The number of benzene rings is 1. The van der Waals surface area contributed by atoms with E-state index in [1.54, 1.807) is 18.9 Å². The Morgan fingerprint density at radius 1 is 1.27 bits per heavy atom. The highest BCUT2D eigenvalue weighted by atomic mass is 32.2. The molecule has 0 aliphatic rings. The third-order valence-corrected chi connectivity index (χ3v) is 3.15. The lowest BCUT2D eigenvalue weighted by Crippen LogP contribution is -1.91. The number of fused-ring (bicyclic) bond motifs is 1. The van der Waals surface area contributed by atoms with E-state index in [1.807, 2.05) is 12.3 Å². The van der Waals surface area contributed by atoms with E-state index < -0.39 is 0 Å². The molecule has 1 heterocycles. The summed E-state index contributed by atoms with van der Waals surface area (Å²) in [7, 11) is 1.72. The normalized spacial score (nSPS) is 10.7. The Hall–Kier alpha value is -1.06. The van der Waals surface area contributed by atoms with E-state index in [4.69, 9.17) is 4.74 Å². The molecule has 0 fully saturated rings. The van der Waals surface area contributed by atoms with E-state index in [-0.39, 0.29) is 0 Å². The Morgan fingerprint density at radius 3 is 3.00 bits per heavy atom. The minimum Gasteiger partial charge on any atom is -0.384 e. The average Bonchev–Trinajstić information content (AvgIpc) is 2.30. The molecule has 78 valence electrons. The molecule has 2 rings (SSSR count). The van der Waals surface area contributed by atoms with E-state index in [1.165, 1.54) is 10.3 Å². The van der Waals surface area contributed by atoms with Crippen LogP contribution in [0.1, 0.15) is 0 Å². The topological polar surface area (TPSA) is 22.1 Å². The Balaban J connectivity index is 2.26. The molecular formula is C12H13NOS. The minimum atomic E-state index is 0.772. The van der Waals surface area contributed by atoms with Gasteiger partial charge in [-0.25, -0.2) is 0 Å². The van der Waals surface area contributed by atoms with Crippen molar-refractivity contribution in [1.82, 2.24) is 4.98 Å². The summed E-state index contributed by atoms with van der Waals surface area (Å²) in [6.45, 7) is 0.772. The van der Waals surface area contributed by atoms with Crippen LogP contribution in [0.25, 0.3) is 10.9 Å². The van der Waals surface area contributed by atoms with Crippen LogP contribution in [0, 0.1) is 0 Å². The monoisotopic (exact) mass is 219 g/mol. The number of methoxy groups -OCH3 is 1. The highest BCUT2D eigenvalue weighted by Gasteiger charge is 2.01. The number of hydrogen-bond donors (Lipinski definition) is 0. The summed E-state index contributed by atoms with van der Waals surface area (Å²) in [4.78, 5) is 5.63. The molecule has 2 aromatic rings. The molecule has 15 heavy (non-hydrogen) atoms. The molecule has 0 amide bonds. The number of hydrogen-bond acceptors (Lipinski definition) is 3. The lowest BCUT2D eigenvalue weighted by molar-refractivity contribution is 0.218. The SMILES string of the molecule is COCCSc1cccc2cccnc12. The van der Waals surface area contributed by atoms with Crippen LogP contribution in [-0.4, -0.2) is 24.5 Å². The fourth-order valence-corrected chi connectivity index (χ4v) is 2.38. The second-order valence-corrected chi connectivity index (χ2v) is 4.31. The molecule has 3 heteroatoms. The first kappa shape index (κ1) is 10.5. The van der Waals surface area contributed by atoms with Crippen molar-refractivity contribution in [3.05, 3.63) is 36.5 Å². The fraction of sp³-hybridized carbons (Fsp3) is 0.250. The summed E-state index contributed by atoms with van der Waals surface area (Å²) >= 11 is 1.79. The lowest BCUT2D eigenvalue weighted by Gasteiger charge is -2.04. The van der Waals surface area contributed by atoms with Gasteiger partial charge in [0, 0.05) is 29.3 Å². The fourth-order valence-electron chi connectivity index (χ4n) is 1.43. The van der Waals surface area contributed by atoms with Gasteiger partial charge in [0.2, 0.25) is 0 Å². The molecule has 0 aliphatic heterocycles. The van der Waals surface area contributed by atoms with Gasteiger partial charge in [0.15, 0.2) is 0 Å². The minimum absolute atomic E-state index is 0.772. The van der Waals surface area contributed by atoms with Crippen LogP contribution in [0.2, 0.25) is 0 Å². The van der Waals surface area contributed by atoms with Crippen LogP contribution >= 0.6 is 11.8 Å². The van der Waals surface area contributed by atoms with E-state index in [9.17, 15) is 0 Å². The zero-order valence-corrected chi connectivity index (χ0v) is 9.46. The second kappa shape index (κ2) is 5.14. The predicted octanol–water partition coefficient (Wildman–Crippen LogP) is 2.97. The molecule has 0 saturated heterocycles. The molecule has 0 radical (unpaired) electrons. The highest BCUT2D eigenvalue weighted by Crippen LogP contribution is 2.25. The van der Waals surface area contributed by atoms with Gasteiger partial charge in [0.1, 0.15) is 0 Å². The summed E-state index contributed by atoms with van der Waals surface area (Å²) in [5, 5.41) is 1.19. The second-order valence-electron chi connectivity index (χ2n) is 3.17. The third kappa shape index (κ3) is 2.49. The molecule has 1 aromatic carbocycles. The molecule has 0 N–H and O–H groups in total. The molecule has 1 aromatic heterocycles. The van der Waals surface area contributed by atoms with Gasteiger partial charge in [-0.05, 0) is 12.1 Å². The maximum Gasteiger partial charge on any atom is 0.0837 e. The number of pyridine rings is 1. The number of rotatable bonds is 4. The molecular weight excluding hydrogens is 206 g/mol. The van der Waals surface area contributed by atoms with Gasteiger partial charge in [-0.15, -0.1) is 11.8 Å². The maximum absolute atomic E-state index is 5.03. The van der Waals surface area contributed by atoms with E-state index >= 15 is 0 Å². The van der Waals surface area contributed by atoms with Gasteiger partial charge in [0.25, 0.3) is 0 Å². The molecule has 0 unspecified atom stereocenters. The molecule has 0 spiro atoms. The van der Waals surface area contributed by atoms with Crippen molar-refractivity contribution in [3.8, 4) is 0 Å². The van der Waals surface area contributed by atoms with Crippen LogP contribution < -0.4 is 0 Å². The summed E-state index contributed by atoms with van der Waals surface area (Å²) in [6.07, 6.45) is 1.84. The first-order valence-electron chi connectivity index (χ1n) is 4.87. The number of nitrogens with zero attached hydrogens (tertiary/aromatic N) is 1. The van der Waals surface area contributed by atoms with Crippen molar-refractivity contribution in [3.63, 3.8) is 0 Å². The standard InChI is InChI=1S/C12H13NOS/c1-14-8-9-15-11-6-2-4-10-5-3-7-13-12(10)11/h2-7H,8-9H2,1H3. The van der Waals surface area contributed by atoms with E-state index in [0.717, 1.165) is 17.9 Å². The van der Waals surface area contributed by atoms with Crippen molar-refractivity contribution < 1.29 is 4.74 Å². The van der Waals surface area contributed by atoms with E-state index in [0.29, 0.717) is 0 Å². The first-order chi connectivity index (χ1) is 7.42. The first-order valence-corrected chi connectivity index (χ1v) is 5.86. The summed E-state index contributed by atoms with van der Waals surface area (Å²) < 4.78 is 5.03.